The quantitative estimate of drug-likeness (QED) is 0.792. The van der Waals surface area contributed by atoms with Crippen LogP contribution in [-0.2, 0) is 0 Å². The van der Waals surface area contributed by atoms with Gasteiger partial charge in [0.2, 0.25) is 0 Å². The van der Waals surface area contributed by atoms with Gasteiger partial charge < -0.3 is 15.1 Å². The molecule has 4 heteroatoms. The largest absolute Gasteiger partial charge is 0.314 e. The highest BCUT2D eigenvalue weighted by atomic mass is 15.2. The van der Waals surface area contributed by atoms with Gasteiger partial charge in [-0.1, -0.05) is 0 Å². The van der Waals surface area contributed by atoms with Crippen molar-refractivity contribution < 1.29 is 0 Å². The SMILES string of the molecule is CC(CCN(C)C1CCN(C)CC1)N1CCNCC1. The Balaban J connectivity index is 1.66. The molecule has 0 radical (unpaired) electrons. The number of piperazine rings is 1. The van der Waals surface area contributed by atoms with Crippen molar-refractivity contribution in [2.45, 2.75) is 38.3 Å². The summed E-state index contributed by atoms with van der Waals surface area (Å²) in [5, 5.41) is 3.43. The molecule has 1 atom stereocenters. The van der Waals surface area contributed by atoms with Crippen LogP contribution in [0.5, 0.6) is 0 Å². The summed E-state index contributed by atoms with van der Waals surface area (Å²) in [5.41, 5.74) is 0. The van der Waals surface area contributed by atoms with E-state index in [1.54, 1.807) is 0 Å². The van der Waals surface area contributed by atoms with Gasteiger partial charge in [-0.3, -0.25) is 4.90 Å². The molecule has 1 N–H and O–H groups in total. The summed E-state index contributed by atoms with van der Waals surface area (Å²) in [6.45, 7) is 10.9. The number of nitrogens with zero attached hydrogens (tertiary/aromatic N) is 3. The highest BCUT2D eigenvalue weighted by molar-refractivity contribution is 4.79. The fourth-order valence-corrected chi connectivity index (χ4v) is 3.31. The lowest BCUT2D eigenvalue weighted by Gasteiger charge is -2.37. The average Bonchev–Trinajstić information content (AvgIpc) is 2.46. The monoisotopic (exact) mass is 268 g/mol. The van der Waals surface area contributed by atoms with Gasteiger partial charge in [-0.25, -0.2) is 0 Å². The molecule has 2 aliphatic heterocycles. The summed E-state index contributed by atoms with van der Waals surface area (Å²) in [4.78, 5) is 7.69. The third kappa shape index (κ3) is 4.71. The third-order valence-electron chi connectivity index (χ3n) is 4.99. The van der Waals surface area contributed by atoms with Crippen LogP contribution < -0.4 is 5.32 Å². The molecule has 2 heterocycles. The highest BCUT2D eigenvalue weighted by Crippen LogP contribution is 2.15. The van der Waals surface area contributed by atoms with E-state index >= 15 is 0 Å². The zero-order valence-corrected chi connectivity index (χ0v) is 13.1. The summed E-state index contributed by atoms with van der Waals surface area (Å²) < 4.78 is 0. The number of nitrogens with one attached hydrogen (secondary N) is 1. The van der Waals surface area contributed by atoms with Gasteiger partial charge in [-0.2, -0.15) is 0 Å². The van der Waals surface area contributed by atoms with E-state index in [9.17, 15) is 0 Å². The normalized spacial score (nSPS) is 25.9. The zero-order chi connectivity index (χ0) is 13.7. The molecule has 0 saturated carbocycles. The zero-order valence-electron chi connectivity index (χ0n) is 13.1. The van der Waals surface area contributed by atoms with Crippen LogP contribution in [0.2, 0.25) is 0 Å². The third-order valence-corrected chi connectivity index (χ3v) is 4.99. The molecule has 112 valence electrons. The average molecular weight is 268 g/mol. The van der Waals surface area contributed by atoms with Crippen LogP contribution in [-0.4, -0.2) is 86.7 Å². The second-order valence-corrected chi connectivity index (χ2v) is 6.44. The van der Waals surface area contributed by atoms with Crippen molar-refractivity contribution in [1.82, 2.24) is 20.0 Å². The van der Waals surface area contributed by atoms with Crippen LogP contribution in [0.15, 0.2) is 0 Å². The summed E-state index contributed by atoms with van der Waals surface area (Å²) >= 11 is 0. The number of hydrogen-bond donors (Lipinski definition) is 1. The molecule has 0 spiro atoms. The molecule has 2 fully saturated rings. The van der Waals surface area contributed by atoms with Gasteiger partial charge in [-0.15, -0.1) is 0 Å². The highest BCUT2D eigenvalue weighted by Gasteiger charge is 2.22. The molecule has 2 saturated heterocycles. The molecular weight excluding hydrogens is 236 g/mol. The van der Waals surface area contributed by atoms with Crippen LogP contribution in [0, 0.1) is 0 Å². The lowest BCUT2D eigenvalue weighted by molar-refractivity contribution is 0.121. The first kappa shape index (κ1) is 15.2. The fraction of sp³-hybridized carbons (Fsp3) is 1.00. The minimum Gasteiger partial charge on any atom is -0.314 e. The van der Waals surface area contributed by atoms with Crippen LogP contribution in [0.25, 0.3) is 0 Å². The molecule has 1 unspecified atom stereocenters. The maximum atomic E-state index is 3.43. The van der Waals surface area contributed by atoms with E-state index in [1.165, 1.54) is 52.0 Å². The van der Waals surface area contributed by atoms with Gasteiger partial charge in [-0.05, 0) is 59.9 Å². The van der Waals surface area contributed by atoms with Crippen molar-refractivity contribution in [3.8, 4) is 0 Å². The first-order valence-corrected chi connectivity index (χ1v) is 8.00. The first-order chi connectivity index (χ1) is 9.16. The number of rotatable bonds is 5. The van der Waals surface area contributed by atoms with E-state index in [0.717, 1.165) is 25.2 Å². The number of piperidine rings is 1. The Kier molecular flexibility index (Phi) is 6.07. The van der Waals surface area contributed by atoms with Gasteiger partial charge in [0.25, 0.3) is 0 Å². The molecule has 0 aromatic rings. The number of likely N-dealkylation sites (tertiary alicyclic amines) is 1. The molecule has 0 aromatic carbocycles. The minimum absolute atomic E-state index is 0.732. The van der Waals surface area contributed by atoms with E-state index in [0.29, 0.717) is 0 Å². The Morgan fingerprint density at radius 3 is 2.42 bits per heavy atom. The Morgan fingerprint density at radius 2 is 1.79 bits per heavy atom. The maximum Gasteiger partial charge on any atom is 0.0117 e. The van der Waals surface area contributed by atoms with E-state index in [4.69, 9.17) is 0 Å². The van der Waals surface area contributed by atoms with Gasteiger partial charge in [0.15, 0.2) is 0 Å². The predicted molar refractivity (Wildman–Crippen MR) is 81.7 cm³/mol. The Labute approximate surface area is 119 Å². The molecule has 0 bridgehead atoms. The van der Waals surface area contributed by atoms with E-state index in [1.807, 2.05) is 0 Å². The van der Waals surface area contributed by atoms with Crippen molar-refractivity contribution in [3.63, 3.8) is 0 Å². The van der Waals surface area contributed by atoms with Crippen molar-refractivity contribution in [2.24, 2.45) is 0 Å². The Morgan fingerprint density at radius 1 is 1.16 bits per heavy atom. The van der Waals surface area contributed by atoms with Crippen LogP contribution in [0.4, 0.5) is 0 Å². The van der Waals surface area contributed by atoms with Crippen molar-refractivity contribution in [3.05, 3.63) is 0 Å². The molecule has 0 aromatic heterocycles. The molecule has 2 aliphatic rings. The molecule has 19 heavy (non-hydrogen) atoms. The molecule has 2 rings (SSSR count). The second kappa shape index (κ2) is 7.58. The first-order valence-electron chi connectivity index (χ1n) is 8.00. The topological polar surface area (TPSA) is 21.8 Å². The smallest absolute Gasteiger partial charge is 0.0117 e. The molecule has 0 amide bonds. The van der Waals surface area contributed by atoms with Crippen molar-refractivity contribution >= 4 is 0 Å². The lowest BCUT2D eigenvalue weighted by Crippen LogP contribution is -2.48. The van der Waals surface area contributed by atoms with Crippen LogP contribution in [0.1, 0.15) is 26.2 Å². The van der Waals surface area contributed by atoms with E-state index < -0.39 is 0 Å². The molecule has 4 nitrogen and oxygen atoms in total. The van der Waals surface area contributed by atoms with Gasteiger partial charge >= 0.3 is 0 Å². The predicted octanol–water partition coefficient (Wildman–Crippen LogP) is 0.696. The Bertz CT molecular complexity index is 245. The van der Waals surface area contributed by atoms with E-state index in [2.05, 4.69) is 41.0 Å². The van der Waals surface area contributed by atoms with Crippen LogP contribution in [0.3, 0.4) is 0 Å². The minimum atomic E-state index is 0.732. The number of hydrogen-bond acceptors (Lipinski definition) is 4. The van der Waals surface area contributed by atoms with Crippen molar-refractivity contribution in [1.29, 1.82) is 0 Å². The fourth-order valence-electron chi connectivity index (χ4n) is 3.31. The summed E-state index contributed by atoms with van der Waals surface area (Å²) in [7, 11) is 4.56. The summed E-state index contributed by atoms with van der Waals surface area (Å²) in [5.74, 6) is 0. The van der Waals surface area contributed by atoms with Gasteiger partial charge in [0, 0.05) is 38.3 Å². The van der Waals surface area contributed by atoms with Gasteiger partial charge in [0.05, 0.1) is 0 Å². The lowest BCUT2D eigenvalue weighted by atomic mass is 10.0. The second-order valence-electron chi connectivity index (χ2n) is 6.44. The molecule has 0 aliphatic carbocycles. The Hall–Kier alpha value is -0.160. The van der Waals surface area contributed by atoms with E-state index in [-0.39, 0.29) is 0 Å². The van der Waals surface area contributed by atoms with Crippen LogP contribution >= 0.6 is 0 Å². The van der Waals surface area contributed by atoms with Crippen molar-refractivity contribution in [2.75, 3.05) is 59.9 Å². The summed E-state index contributed by atoms with van der Waals surface area (Å²) in [6.07, 6.45) is 3.99. The standard InChI is InChI=1S/C15H32N4/c1-14(19-12-7-16-8-13-19)4-11-18(3)15-5-9-17(2)10-6-15/h14-16H,4-13H2,1-3H3. The maximum absolute atomic E-state index is 3.43. The molecular formula is C15H32N4. The summed E-state index contributed by atoms with van der Waals surface area (Å²) in [6, 6.07) is 1.54. The van der Waals surface area contributed by atoms with Gasteiger partial charge in [0.1, 0.15) is 0 Å².